The smallest absolute Gasteiger partial charge is 0.311 e. The van der Waals surface area contributed by atoms with Crippen LogP contribution in [0.5, 0.6) is 0 Å². The summed E-state index contributed by atoms with van der Waals surface area (Å²) in [6, 6.07) is 4.19. The van der Waals surface area contributed by atoms with Crippen molar-refractivity contribution in [1.29, 1.82) is 0 Å². The molecule has 17 heavy (non-hydrogen) atoms. The zero-order valence-electron chi connectivity index (χ0n) is 8.46. The number of carboxylic acids is 1. The fraction of sp³-hybridized carbons (Fsp3) is 0.364. The molecule has 2 unspecified atom stereocenters. The zero-order chi connectivity index (χ0) is 12.8. The highest BCUT2D eigenvalue weighted by Crippen LogP contribution is 2.56. The van der Waals surface area contributed by atoms with Crippen LogP contribution in [-0.2, 0) is 4.79 Å². The average Bonchev–Trinajstić information content (AvgIpc) is 2.79. The van der Waals surface area contributed by atoms with Gasteiger partial charge in [0.15, 0.2) is 0 Å². The van der Waals surface area contributed by atoms with E-state index in [1.807, 2.05) is 0 Å². The standard InChI is InChI=1S/C11H8Cl2F2O2/c12-5-1-2-6(8(13)3-5)9(10(16)17)7-4-11(7,14)15/h1-3,7,9H,4H2,(H,16,17). The monoisotopic (exact) mass is 280 g/mol. The molecular weight excluding hydrogens is 273 g/mol. The van der Waals surface area contributed by atoms with E-state index in [4.69, 9.17) is 28.3 Å². The number of aliphatic carboxylic acids is 1. The molecule has 1 aromatic rings. The molecule has 1 N–H and O–H groups in total. The van der Waals surface area contributed by atoms with Gasteiger partial charge >= 0.3 is 5.97 Å². The van der Waals surface area contributed by atoms with Gasteiger partial charge in [-0.25, -0.2) is 8.78 Å². The van der Waals surface area contributed by atoms with Crippen LogP contribution in [0.1, 0.15) is 17.9 Å². The van der Waals surface area contributed by atoms with Gasteiger partial charge in [-0.1, -0.05) is 29.3 Å². The van der Waals surface area contributed by atoms with Gasteiger partial charge in [-0.15, -0.1) is 0 Å². The molecule has 2 rings (SSSR count). The summed E-state index contributed by atoms with van der Waals surface area (Å²) in [6.45, 7) is 0. The van der Waals surface area contributed by atoms with E-state index in [-0.39, 0.29) is 10.6 Å². The van der Waals surface area contributed by atoms with Gasteiger partial charge in [0.05, 0.1) is 5.92 Å². The molecule has 0 radical (unpaired) electrons. The van der Waals surface area contributed by atoms with Gasteiger partial charge in [-0.3, -0.25) is 4.79 Å². The Hall–Kier alpha value is -0.870. The van der Waals surface area contributed by atoms with E-state index in [2.05, 4.69) is 0 Å². The van der Waals surface area contributed by atoms with Gasteiger partial charge in [0.2, 0.25) is 0 Å². The Labute approximate surface area is 106 Å². The Balaban J connectivity index is 2.37. The Bertz CT molecular complexity index is 477. The Morgan fingerprint density at radius 3 is 2.47 bits per heavy atom. The van der Waals surface area contributed by atoms with Gasteiger partial charge in [-0.2, -0.15) is 0 Å². The van der Waals surface area contributed by atoms with Crippen LogP contribution in [0.3, 0.4) is 0 Å². The fourth-order valence-corrected chi connectivity index (χ4v) is 2.40. The van der Waals surface area contributed by atoms with Crippen molar-refractivity contribution in [2.75, 3.05) is 0 Å². The van der Waals surface area contributed by atoms with Crippen LogP contribution in [-0.4, -0.2) is 17.0 Å². The minimum atomic E-state index is -2.91. The molecule has 1 saturated carbocycles. The molecule has 1 fully saturated rings. The molecule has 0 bridgehead atoms. The molecule has 0 aromatic heterocycles. The molecule has 0 aliphatic heterocycles. The van der Waals surface area contributed by atoms with Crippen LogP contribution in [0.15, 0.2) is 18.2 Å². The van der Waals surface area contributed by atoms with E-state index < -0.39 is 30.1 Å². The van der Waals surface area contributed by atoms with Crippen LogP contribution in [0.25, 0.3) is 0 Å². The summed E-state index contributed by atoms with van der Waals surface area (Å²) < 4.78 is 25.9. The number of halogens is 4. The Morgan fingerprint density at radius 2 is 2.06 bits per heavy atom. The van der Waals surface area contributed by atoms with Gasteiger partial charge in [0, 0.05) is 22.4 Å². The van der Waals surface area contributed by atoms with E-state index in [0.29, 0.717) is 5.02 Å². The lowest BCUT2D eigenvalue weighted by molar-refractivity contribution is -0.140. The van der Waals surface area contributed by atoms with Crippen LogP contribution in [0.4, 0.5) is 8.78 Å². The molecule has 2 atom stereocenters. The summed E-state index contributed by atoms with van der Waals surface area (Å²) in [5, 5.41) is 9.48. The van der Waals surface area contributed by atoms with Crippen LogP contribution < -0.4 is 0 Å². The van der Waals surface area contributed by atoms with Crippen molar-refractivity contribution in [3.8, 4) is 0 Å². The van der Waals surface area contributed by atoms with Crippen molar-refractivity contribution in [1.82, 2.24) is 0 Å². The third-order valence-electron chi connectivity index (χ3n) is 2.84. The Kier molecular flexibility index (Phi) is 3.04. The highest BCUT2D eigenvalue weighted by Gasteiger charge is 2.62. The van der Waals surface area contributed by atoms with E-state index in [0.717, 1.165) is 0 Å². The lowest BCUT2D eigenvalue weighted by Gasteiger charge is -2.13. The maximum Gasteiger partial charge on any atom is 0.311 e. The molecule has 0 spiro atoms. The number of carbonyl (C=O) groups is 1. The minimum Gasteiger partial charge on any atom is -0.481 e. The number of alkyl halides is 2. The predicted molar refractivity (Wildman–Crippen MR) is 59.9 cm³/mol. The van der Waals surface area contributed by atoms with Gasteiger partial charge in [0.1, 0.15) is 0 Å². The zero-order valence-corrected chi connectivity index (χ0v) is 9.97. The van der Waals surface area contributed by atoms with Crippen molar-refractivity contribution in [3.63, 3.8) is 0 Å². The molecule has 92 valence electrons. The summed E-state index contributed by atoms with van der Waals surface area (Å²) in [5.74, 6) is -6.67. The lowest BCUT2D eigenvalue weighted by Crippen LogP contribution is -2.17. The first-order valence-electron chi connectivity index (χ1n) is 4.88. The summed E-state index contributed by atoms with van der Waals surface area (Å²) in [5.41, 5.74) is 0.186. The molecular formula is C11H8Cl2F2O2. The molecule has 0 amide bonds. The maximum atomic E-state index is 13.0. The van der Waals surface area contributed by atoms with Crippen LogP contribution >= 0.6 is 23.2 Å². The SMILES string of the molecule is O=C(O)C(c1ccc(Cl)cc1Cl)C1CC1(F)F. The molecule has 0 heterocycles. The predicted octanol–water partition coefficient (Wildman–Crippen LogP) is 3.82. The molecule has 1 aliphatic carbocycles. The summed E-state index contributed by atoms with van der Waals surface area (Å²) >= 11 is 11.5. The third-order valence-corrected chi connectivity index (χ3v) is 3.40. The molecule has 1 aliphatic rings. The average molecular weight is 281 g/mol. The van der Waals surface area contributed by atoms with E-state index >= 15 is 0 Å². The van der Waals surface area contributed by atoms with E-state index in [1.165, 1.54) is 18.2 Å². The third kappa shape index (κ3) is 2.38. The van der Waals surface area contributed by atoms with Gasteiger partial charge in [-0.05, 0) is 17.7 Å². The van der Waals surface area contributed by atoms with Crippen molar-refractivity contribution in [2.24, 2.45) is 5.92 Å². The Morgan fingerprint density at radius 1 is 1.47 bits per heavy atom. The second-order valence-corrected chi connectivity index (χ2v) is 4.90. The fourth-order valence-electron chi connectivity index (χ4n) is 1.87. The first-order chi connectivity index (χ1) is 7.83. The highest BCUT2D eigenvalue weighted by molar-refractivity contribution is 6.35. The van der Waals surface area contributed by atoms with Gasteiger partial charge < -0.3 is 5.11 Å². The number of rotatable bonds is 3. The molecule has 1 aromatic carbocycles. The molecule has 2 nitrogen and oxygen atoms in total. The first kappa shape index (κ1) is 12.6. The topological polar surface area (TPSA) is 37.3 Å². The summed E-state index contributed by atoms with van der Waals surface area (Å²) in [4.78, 5) is 11.1. The van der Waals surface area contributed by atoms with E-state index in [9.17, 15) is 13.6 Å². The summed E-state index contributed by atoms with van der Waals surface area (Å²) in [6.07, 6.45) is -0.414. The van der Waals surface area contributed by atoms with Crippen molar-refractivity contribution >= 4 is 29.2 Å². The summed E-state index contributed by atoms with van der Waals surface area (Å²) in [7, 11) is 0. The number of carboxylic acid groups (broad SMARTS) is 1. The quantitative estimate of drug-likeness (QED) is 0.914. The van der Waals surface area contributed by atoms with Crippen molar-refractivity contribution in [3.05, 3.63) is 33.8 Å². The number of hydrogen-bond acceptors (Lipinski definition) is 1. The number of benzene rings is 1. The largest absolute Gasteiger partial charge is 0.481 e. The highest BCUT2D eigenvalue weighted by atomic mass is 35.5. The normalized spacial score (nSPS) is 23.2. The maximum absolute atomic E-state index is 13.0. The second kappa shape index (κ2) is 4.10. The first-order valence-corrected chi connectivity index (χ1v) is 5.64. The van der Waals surface area contributed by atoms with Crippen LogP contribution in [0.2, 0.25) is 10.0 Å². The lowest BCUT2D eigenvalue weighted by atomic mass is 9.94. The van der Waals surface area contributed by atoms with E-state index in [1.54, 1.807) is 0 Å². The van der Waals surface area contributed by atoms with Crippen LogP contribution in [0, 0.1) is 5.92 Å². The second-order valence-electron chi connectivity index (χ2n) is 4.05. The molecule has 0 saturated heterocycles. The number of hydrogen-bond donors (Lipinski definition) is 1. The van der Waals surface area contributed by atoms with Gasteiger partial charge in [0.25, 0.3) is 5.92 Å². The molecule has 6 heteroatoms. The van der Waals surface area contributed by atoms with Crippen molar-refractivity contribution in [2.45, 2.75) is 18.3 Å². The van der Waals surface area contributed by atoms with Crippen molar-refractivity contribution < 1.29 is 18.7 Å². The minimum absolute atomic E-state index is 0.104.